The third-order valence-corrected chi connectivity index (χ3v) is 5.40. The Kier molecular flexibility index (Phi) is 9.52. The molecule has 2 fully saturated rings. The minimum atomic E-state index is 0. The van der Waals surface area contributed by atoms with Crippen LogP contribution in [0.15, 0.2) is 24.3 Å². The zero-order valence-corrected chi connectivity index (χ0v) is 18.3. The van der Waals surface area contributed by atoms with E-state index in [1.54, 1.807) is 0 Å². The summed E-state index contributed by atoms with van der Waals surface area (Å²) in [6.45, 7) is 13.0. The van der Waals surface area contributed by atoms with Crippen molar-refractivity contribution in [3.63, 3.8) is 0 Å². The lowest BCUT2D eigenvalue weighted by atomic mass is 10.0. The van der Waals surface area contributed by atoms with Gasteiger partial charge < -0.3 is 15.0 Å². The number of nitrogens with one attached hydrogen (secondary N) is 1. The Balaban J connectivity index is 0.00000182. The SMILES string of the molecule is CC1CN(Cc2ccc(C(=O)N3CCNC(C)C3C)cc2)CC(C)O1.Cl.Cl. The maximum Gasteiger partial charge on any atom is 0.254 e. The molecule has 1 aromatic rings. The van der Waals surface area contributed by atoms with Crippen molar-refractivity contribution in [3.05, 3.63) is 35.4 Å². The van der Waals surface area contributed by atoms with Gasteiger partial charge in [-0.2, -0.15) is 0 Å². The lowest BCUT2D eigenvalue weighted by molar-refractivity contribution is -0.0704. The molecule has 0 aliphatic carbocycles. The van der Waals surface area contributed by atoms with Crippen LogP contribution in [0.5, 0.6) is 0 Å². The highest BCUT2D eigenvalue weighted by Crippen LogP contribution is 2.17. The zero-order valence-electron chi connectivity index (χ0n) is 16.7. The number of ether oxygens (including phenoxy) is 1. The molecule has 4 atom stereocenters. The monoisotopic (exact) mass is 417 g/mol. The Morgan fingerprint density at radius 3 is 2.26 bits per heavy atom. The van der Waals surface area contributed by atoms with Crippen LogP contribution in [0.1, 0.15) is 43.6 Å². The molecule has 2 heterocycles. The minimum absolute atomic E-state index is 0. The van der Waals surface area contributed by atoms with Crippen molar-refractivity contribution < 1.29 is 9.53 Å². The lowest BCUT2D eigenvalue weighted by Gasteiger charge is -2.38. The second kappa shape index (κ2) is 10.6. The fourth-order valence-corrected chi connectivity index (χ4v) is 3.93. The van der Waals surface area contributed by atoms with Crippen LogP contribution in [0.25, 0.3) is 0 Å². The molecule has 1 amide bonds. The van der Waals surface area contributed by atoms with E-state index >= 15 is 0 Å². The number of benzene rings is 1. The molecule has 2 aliphatic heterocycles. The van der Waals surface area contributed by atoms with Gasteiger partial charge in [0.1, 0.15) is 0 Å². The average Bonchev–Trinajstić information content (AvgIpc) is 2.56. The molecule has 2 saturated heterocycles. The summed E-state index contributed by atoms with van der Waals surface area (Å²) in [4.78, 5) is 17.2. The molecule has 27 heavy (non-hydrogen) atoms. The van der Waals surface area contributed by atoms with Crippen LogP contribution in [0.3, 0.4) is 0 Å². The number of hydrogen-bond donors (Lipinski definition) is 1. The van der Waals surface area contributed by atoms with Crippen molar-refractivity contribution >= 4 is 30.7 Å². The first kappa shape index (κ1) is 24.2. The molecular formula is C20H33Cl2N3O2. The van der Waals surface area contributed by atoms with E-state index in [0.717, 1.165) is 38.3 Å². The number of hydrogen-bond acceptors (Lipinski definition) is 4. The lowest BCUT2D eigenvalue weighted by Crippen LogP contribution is -2.57. The molecule has 154 valence electrons. The number of carbonyl (C=O) groups excluding carboxylic acids is 1. The maximum absolute atomic E-state index is 12.8. The highest BCUT2D eigenvalue weighted by molar-refractivity contribution is 5.94. The smallest absolute Gasteiger partial charge is 0.254 e. The fourth-order valence-electron chi connectivity index (χ4n) is 3.93. The molecule has 2 aliphatic rings. The summed E-state index contributed by atoms with van der Waals surface area (Å²) < 4.78 is 5.79. The van der Waals surface area contributed by atoms with Crippen molar-refractivity contribution in [2.45, 2.75) is 58.5 Å². The van der Waals surface area contributed by atoms with Crippen LogP contribution in [0, 0.1) is 0 Å². The molecular weight excluding hydrogens is 385 g/mol. The van der Waals surface area contributed by atoms with E-state index in [1.165, 1.54) is 5.56 Å². The molecule has 5 nitrogen and oxygen atoms in total. The van der Waals surface area contributed by atoms with Gasteiger partial charge in [-0.3, -0.25) is 9.69 Å². The van der Waals surface area contributed by atoms with Gasteiger partial charge in [0.15, 0.2) is 0 Å². The Hall–Kier alpha value is -0.850. The molecule has 1 aromatic carbocycles. The number of amides is 1. The van der Waals surface area contributed by atoms with Gasteiger partial charge >= 0.3 is 0 Å². The average molecular weight is 418 g/mol. The second-order valence-electron chi connectivity index (χ2n) is 7.63. The first-order valence-electron chi connectivity index (χ1n) is 9.45. The van der Waals surface area contributed by atoms with E-state index in [0.29, 0.717) is 6.04 Å². The zero-order chi connectivity index (χ0) is 18.0. The van der Waals surface area contributed by atoms with E-state index in [1.807, 2.05) is 17.0 Å². The number of carbonyl (C=O) groups is 1. The number of halogens is 2. The second-order valence-corrected chi connectivity index (χ2v) is 7.63. The molecule has 7 heteroatoms. The largest absolute Gasteiger partial charge is 0.373 e. The van der Waals surface area contributed by atoms with Gasteiger partial charge in [0.2, 0.25) is 0 Å². The predicted octanol–water partition coefficient (Wildman–Crippen LogP) is 2.96. The summed E-state index contributed by atoms with van der Waals surface area (Å²) >= 11 is 0. The molecule has 0 spiro atoms. The third-order valence-electron chi connectivity index (χ3n) is 5.40. The Morgan fingerprint density at radius 2 is 1.67 bits per heavy atom. The van der Waals surface area contributed by atoms with Crippen LogP contribution in [-0.4, -0.2) is 66.2 Å². The van der Waals surface area contributed by atoms with Crippen molar-refractivity contribution in [3.8, 4) is 0 Å². The van der Waals surface area contributed by atoms with Gasteiger partial charge in [0.05, 0.1) is 12.2 Å². The number of nitrogens with zero attached hydrogens (tertiary/aromatic N) is 2. The van der Waals surface area contributed by atoms with E-state index < -0.39 is 0 Å². The minimum Gasteiger partial charge on any atom is -0.373 e. The summed E-state index contributed by atoms with van der Waals surface area (Å²) in [7, 11) is 0. The quantitative estimate of drug-likeness (QED) is 0.820. The molecule has 0 saturated carbocycles. The van der Waals surface area contributed by atoms with Gasteiger partial charge in [-0.25, -0.2) is 0 Å². The molecule has 3 rings (SSSR count). The topological polar surface area (TPSA) is 44.8 Å². The summed E-state index contributed by atoms with van der Waals surface area (Å²) in [5, 5.41) is 3.42. The summed E-state index contributed by atoms with van der Waals surface area (Å²) in [6.07, 6.45) is 0.557. The van der Waals surface area contributed by atoms with Crippen LogP contribution >= 0.6 is 24.8 Å². The summed E-state index contributed by atoms with van der Waals surface area (Å²) in [5.74, 6) is 0.140. The normalized spacial score (nSPS) is 28.8. The Labute approximate surface area is 175 Å². The van der Waals surface area contributed by atoms with Gasteiger partial charge in [0, 0.05) is 50.4 Å². The maximum atomic E-state index is 12.8. The van der Waals surface area contributed by atoms with E-state index in [9.17, 15) is 4.79 Å². The third kappa shape index (κ3) is 6.06. The standard InChI is InChI=1S/C20H31N3O2.2ClH/c1-14-11-22(12-15(2)25-14)13-18-5-7-19(8-6-18)20(24)23-10-9-21-16(3)17(23)4;;/h5-8,14-17,21H,9-13H2,1-4H3;2*1H. The number of morpholine rings is 1. The first-order chi connectivity index (χ1) is 11.9. The Morgan fingerprint density at radius 1 is 1.07 bits per heavy atom. The molecule has 0 bridgehead atoms. The molecule has 1 N–H and O–H groups in total. The van der Waals surface area contributed by atoms with Crippen molar-refractivity contribution in [1.29, 1.82) is 0 Å². The number of rotatable bonds is 3. The van der Waals surface area contributed by atoms with Crippen LogP contribution in [-0.2, 0) is 11.3 Å². The number of piperazine rings is 1. The van der Waals surface area contributed by atoms with Crippen molar-refractivity contribution in [2.24, 2.45) is 0 Å². The first-order valence-corrected chi connectivity index (χ1v) is 9.45. The van der Waals surface area contributed by atoms with Crippen LogP contribution in [0.4, 0.5) is 0 Å². The summed E-state index contributed by atoms with van der Waals surface area (Å²) in [6, 6.07) is 8.69. The van der Waals surface area contributed by atoms with Crippen molar-refractivity contribution in [1.82, 2.24) is 15.1 Å². The van der Waals surface area contributed by atoms with E-state index in [4.69, 9.17) is 4.74 Å². The molecule has 0 radical (unpaired) electrons. The van der Waals surface area contributed by atoms with Gasteiger partial charge in [-0.1, -0.05) is 12.1 Å². The summed E-state index contributed by atoms with van der Waals surface area (Å²) in [5.41, 5.74) is 2.04. The predicted molar refractivity (Wildman–Crippen MR) is 114 cm³/mol. The highest BCUT2D eigenvalue weighted by atomic mass is 35.5. The highest BCUT2D eigenvalue weighted by Gasteiger charge is 2.28. The van der Waals surface area contributed by atoms with E-state index in [-0.39, 0.29) is 49.0 Å². The van der Waals surface area contributed by atoms with E-state index in [2.05, 4.69) is 50.0 Å². The molecule has 4 unspecified atom stereocenters. The van der Waals surface area contributed by atoms with Gasteiger partial charge in [-0.05, 0) is 45.4 Å². The van der Waals surface area contributed by atoms with Crippen molar-refractivity contribution in [2.75, 3.05) is 26.2 Å². The van der Waals surface area contributed by atoms with Gasteiger partial charge in [0.25, 0.3) is 5.91 Å². The van der Waals surface area contributed by atoms with Crippen LogP contribution in [0.2, 0.25) is 0 Å². The fraction of sp³-hybridized carbons (Fsp3) is 0.650. The van der Waals surface area contributed by atoms with Crippen LogP contribution < -0.4 is 5.32 Å². The van der Waals surface area contributed by atoms with Gasteiger partial charge in [-0.15, -0.1) is 24.8 Å². The Bertz CT molecular complexity index is 589. The molecule has 0 aromatic heterocycles.